The first-order chi connectivity index (χ1) is 9.66. The van der Waals surface area contributed by atoms with Gasteiger partial charge in [0.25, 0.3) is 0 Å². The third-order valence-electron chi connectivity index (χ3n) is 3.15. The van der Waals surface area contributed by atoms with Crippen LogP contribution >= 0.6 is 0 Å². The first kappa shape index (κ1) is 12.6. The van der Waals surface area contributed by atoms with Gasteiger partial charge in [-0.3, -0.25) is 0 Å². The van der Waals surface area contributed by atoms with Crippen LogP contribution in [0.1, 0.15) is 0 Å². The Morgan fingerprint density at radius 2 is 2.10 bits per heavy atom. The van der Waals surface area contributed by atoms with Crippen LogP contribution in [0.5, 0.6) is 0 Å². The van der Waals surface area contributed by atoms with E-state index in [1.807, 2.05) is 38.4 Å². The molecule has 2 heterocycles. The molecule has 20 heavy (non-hydrogen) atoms. The molecule has 0 spiro atoms. The number of pyridine rings is 1. The maximum absolute atomic E-state index is 11.6. The molecule has 0 amide bonds. The van der Waals surface area contributed by atoms with E-state index in [9.17, 15) is 4.91 Å². The topological polar surface area (TPSA) is 80.1 Å². The number of H-pyrrole nitrogens is 1. The zero-order valence-electron chi connectivity index (χ0n) is 11.4. The number of hydrogen-bond acceptors (Lipinski definition) is 5. The summed E-state index contributed by atoms with van der Waals surface area (Å²) >= 11 is 0. The maximum Gasteiger partial charge on any atom is 0.391 e. The SMILES string of the molecule is CN(C)CCNc1nc2c([nH]o[n+]2=O)c2ccccc12. The molecule has 0 unspecified atom stereocenters. The van der Waals surface area contributed by atoms with Crippen LogP contribution in [0.3, 0.4) is 0 Å². The lowest BCUT2D eigenvalue weighted by atomic mass is 10.1. The predicted molar refractivity (Wildman–Crippen MR) is 76.3 cm³/mol. The highest BCUT2D eigenvalue weighted by Gasteiger charge is 2.19. The van der Waals surface area contributed by atoms with Gasteiger partial charge in [-0.2, -0.15) is 0 Å². The second kappa shape index (κ2) is 4.93. The van der Waals surface area contributed by atoms with E-state index >= 15 is 0 Å². The smallest absolute Gasteiger partial charge is 0.355 e. The summed E-state index contributed by atoms with van der Waals surface area (Å²) in [4.78, 5) is 18.0. The van der Waals surface area contributed by atoms with Gasteiger partial charge in [-0.05, 0) is 25.1 Å². The van der Waals surface area contributed by atoms with Gasteiger partial charge in [-0.1, -0.05) is 23.2 Å². The Bertz CT molecular complexity index is 805. The number of aromatic amines is 1. The molecular weight excluding hydrogens is 258 g/mol. The highest BCUT2D eigenvalue weighted by atomic mass is 16.7. The minimum absolute atomic E-state index is 0.246. The van der Waals surface area contributed by atoms with Crippen LogP contribution in [-0.4, -0.2) is 42.2 Å². The van der Waals surface area contributed by atoms with Crippen LogP contribution in [0.25, 0.3) is 21.9 Å². The Hall–Kier alpha value is -2.41. The zero-order chi connectivity index (χ0) is 14.1. The van der Waals surface area contributed by atoms with Gasteiger partial charge in [0.05, 0.1) is 0 Å². The molecule has 0 aliphatic heterocycles. The number of likely N-dealkylation sites (N-methyl/N-ethyl adjacent to an activating group) is 1. The largest absolute Gasteiger partial charge is 0.391 e. The fourth-order valence-corrected chi connectivity index (χ4v) is 2.15. The molecule has 0 saturated carbocycles. The number of anilines is 1. The standard InChI is InChI=1S/C13H16N5O2/c1-17(2)8-7-14-12-10-6-4-3-5-9(10)11-13(15-12)18(19)20-16-11/h3-6,16H,7-8H2,1-2H3,(H,14,15)/q+1. The Balaban J connectivity index is 2.12. The summed E-state index contributed by atoms with van der Waals surface area (Å²) in [5.41, 5.74) is 0.852. The van der Waals surface area contributed by atoms with Crippen molar-refractivity contribution in [3.05, 3.63) is 29.2 Å². The highest BCUT2D eigenvalue weighted by molar-refractivity contribution is 6.06. The van der Waals surface area contributed by atoms with E-state index < -0.39 is 0 Å². The van der Waals surface area contributed by atoms with Gasteiger partial charge < -0.3 is 10.2 Å². The lowest BCUT2D eigenvalue weighted by Gasteiger charge is -2.10. The number of nitrogens with one attached hydrogen (secondary N) is 2. The van der Waals surface area contributed by atoms with E-state index in [4.69, 9.17) is 4.63 Å². The Kier molecular flexibility index (Phi) is 3.11. The lowest BCUT2D eigenvalue weighted by molar-refractivity contribution is -0.694. The predicted octanol–water partition coefficient (Wildman–Crippen LogP) is 1.20. The van der Waals surface area contributed by atoms with Gasteiger partial charge in [-0.25, -0.2) is 0 Å². The molecule has 2 aromatic heterocycles. The molecule has 2 N–H and O–H groups in total. The second-order valence-electron chi connectivity index (χ2n) is 4.89. The van der Waals surface area contributed by atoms with Gasteiger partial charge >= 0.3 is 5.65 Å². The summed E-state index contributed by atoms with van der Waals surface area (Å²) in [6.07, 6.45) is 0. The van der Waals surface area contributed by atoms with E-state index in [1.165, 1.54) is 0 Å². The normalized spacial score (nSPS) is 11.6. The van der Waals surface area contributed by atoms with E-state index in [1.54, 1.807) is 0 Å². The third kappa shape index (κ3) is 2.12. The van der Waals surface area contributed by atoms with Gasteiger partial charge in [0, 0.05) is 23.9 Å². The van der Waals surface area contributed by atoms with Gasteiger partial charge in [0.2, 0.25) is 11.3 Å². The summed E-state index contributed by atoms with van der Waals surface area (Å²) in [6.45, 7) is 1.62. The number of rotatable bonds is 4. The minimum atomic E-state index is 0.246. The first-order valence-electron chi connectivity index (χ1n) is 6.38. The summed E-state index contributed by atoms with van der Waals surface area (Å²) in [6, 6.07) is 7.76. The van der Waals surface area contributed by atoms with Crippen LogP contribution in [0.15, 0.2) is 28.9 Å². The van der Waals surface area contributed by atoms with Crippen molar-refractivity contribution in [3.8, 4) is 0 Å². The first-order valence-corrected chi connectivity index (χ1v) is 6.38. The van der Waals surface area contributed by atoms with Crippen LogP contribution in [0, 0.1) is 4.91 Å². The van der Waals surface area contributed by atoms with Gasteiger partial charge in [0.1, 0.15) is 0 Å². The molecule has 0 aliphatic rings. The summed E-state index contributed by atoms with van der Waals surface area (Å²) in [5, 5.41) is 7.74. The average molecular weight is 274 g/mol. The Labute approximate surface area is 114 Å². The van der Waals surface area contributed by atoms with Gasteiger partial charge in [-0.15, -0.1) is 9.79 Å². The number of fused-ring (bicyclic) bond motifs is 3. The van der Waals surface area contributed by atoms with Crippen molar-refractivity contribution in [2.24, 2.45) is 0 Å². The molecule has 104 valence electrons. The van der Waals surface area contributed by atoms with Crippen molar-refractivity contribution in [3.63, 3.8) is 0 Å². The molecule has 0 bridgehead atoms. The third-order valence-corrected chi connectivity index (χ3v) is 3.15. The maximum atomic E-state index is 11.6. The molecule has 3 rings (SSSR count). The minimum Gasteiger partial charge on any atom is -0.355 e. The monoisotopic (exact) mass is 274 g/mol. The van der Waals surface area contributed by atoms with Crippen LogP contribution < -0.4 is 9.92 Å². The van der Waals surface area contributed by atoms with Crippen LogP contribution in [0.4, 0.5) is 5.82 Å². The molecular formula is C13H16N5O2+. The van der Waals surface area contributed by atoms with Crippen molar-refractivity contribution in [1.29, 1.82) is 0 Å². The van der Waals surface area contributed by atoms with Crippen molar-refractivity contribution >= 4 is 27.8 Å². The summed E-state index contributed by atoms with van der Waals surface area (Å²) in [5.74, 6) is 0.689. The van der Waals surface area contributed by atoms with E-state index in [2.05, 4.69) is 20.4 Å². The zero-order valence-corrected chi connectivity index (χ0v) is 11.4. The van der Waals surface area contributed by atoms with Gasteiger partial charge in [0.15, 0.2) is 4.60 Å². The molecule has 0 atom stereocenters. The van der Waals surface area contributed by atoms with Crippen molar-refractivity contribution in [1.82, 2.24) is 15.0 Å². The Morgan fingerprint density at radius 1 is 1.35 bits per heavy atom. The second-order valence-corrected chi connectivity index (χ2v) is 4.89. The number of aromatic nitrogens is 3. The van der Waals surface area contributed by atoms with E-state index in [-0.39, 0.29) is 5.65 Å². The molecule has 0 saturated heterocycles. The number of nitrogens with zero attached hydrogens (tertiary/aromatic N) is 3. The molecule has 7 nitrogen and oxygen atoms in total. The number of benzene rings is 1. The average Bonchev–Trinajstić information content (AvgIpc) is 2.80. The fourth-order valence-electron chi connectivity index (χ4n) is 2.15. The Morgan fingerprint density at radius 3 is 2.85 bits per heavy atom. The highest BCUT2D eigenvalue weighted by Crippen LogP contribution is 2.26. The van der Waals surface area contributed by atoms with Crippen molar-refractivity contribution in [2.75, 3.05) is 32.5 Å². The van der Waals surface area contributed by atoms with E-state index in [0.29, 0.717) is 15.9 Å². The molecule has 1 aromatic carbocycles. The van der Waals surface area contributed by atoms with E-state index in [0.717, 1.165) is 23.9 Å². The molecule has 0 aliphatic carbocycles. The molecule has 0 radical (unpaired) electrons. The summed E-state index contributed by atoms with van der Waals surface area (Å²) < 4.78 is 5.15. The summed E-state index contributed by atoms with van der Waals surface area (Å²) in [7, 11) is 4.01. The quantitative estimate of drug-likeness (QED) is 0.747. The van der Waals surface area contributed by atoms with Crippen LogP contribution in [-0.2, 0) is 0 Å². The van der Waals surface area contributed by atoms with Crippen molar-refractivity contribution in [2.45, 2.75) is 0 Å². The molecule has 0 fully saturated rings. The fraction of sp³-hybridized carbons (Fsp3) is 0.308. The number of hydrogen-bond donors (Lipinski definition) is 2. The lowest BCUT2D eigenvalue weighted by Crippen LogP contribution is -2.21. The molecule has 3 aromatic rings. The van der Waals surface area contributed by atoms with Crippen LogP contribution in [0.2, 0.25) is 0 Å². The molecule has 7 heteroatoms. The van der Waals surface area contributed by atoms with Crippen molar-refractivity contribution < 1.29 is 9.23 Å².